The maximum Gasteiger partial charge on any atom is 0.418 e. The number of methoxy groups -OCH3 is 1. The number of para-hydroxylation sites is 1. The number of nitrogens with one attached hydrogen (secondary N) is 1. The third-order valence-corrected chi connectivity index (χ3v) is 3.80. The van der Waals surface area contributed by atoms with Gasteiger partial charge in [-0.05, 0) is 36.4 Å². The molecule has 3 aromatic rings. The van der Waals surface area contributed by atoms with Gasteiger partial charge < -0.3 is 14.6 Å². The Morgan fingerprint density at radius 1 is 1.16 bits per heavy atom. The van der Waals surface area contributed by atoms with Gasteiger partial charge in [-0.25, -0.2) is 0 Å². The van der Waals surface area contributed by atoms with Crippen molar-refractivity contribution in [1.82, 2.24) is 4.57 Å². The van der Waals surface area contributed by atoms with Crippen LogP contribution in [0, 0.1) is 0 Å². The summed E-state index contributed by atoms with van der Waals surface area (Å²) in [4.78, 5) is 12.2. The lowest BCUT2D eigenvalue weighted by Crippen LogP contribution is -2.20. The van der Waals surface area contributed by atoms with Crippen molar-refractivity contribution in [2.24, 2.45) is 0 Å². The van der Waals surface area contributed by atoms with Crippen molar-refractivity contribution in [2.75, 3.05) is 12.4 Å². The van der Waals surface area contributed by atoms with Crippen LogP contribution in [0.2, 0.25) is 0 Å². The molecule has 0 radical (unpaired) electrons. The fourth-order valence-electron chi connectivity index (χ4n) is 2.63. The molecule has 2 aromatic carbocycles. The number of fused-ring (bicyclic) bond motifs is 1. The van der Waals surface area contributed by atoms with Gasteiger partial charge in [-0.2, -0.15) is 13.2 Å². The molecular formula is C18H15F3N2O2. The molecule has 0 unspecified atom stereocenters. The molecule has 1 amide bonds. The van der Waals surface area contributed by atoms with Gasteiger partial charge in [0.25, 0.3) is 0 Å². The first-order valence-corrected chi connectivity index (χ1v) is 7.47. The van der Waals surface area contributed by atoms with Crippen LogP contribution < -0.4 is 10.1 Å². The molecule has 1 heterocycles. The number of alkyl halides is 3. The molecule has 0 fully saturated rings. The molecule has 0 saturated carbocycles. The number of benzene rings is 2. The molecule has 0 bridgehead atoms. The van der Waals surface area contributed by atoms with Crippen LogP contribution >= 0.6 is 0 Å². The first kappa shape index (κ1) is 16.9. The lowest BCUT2D eigenvalue weighted by atomic mass is 10.1. The van der Waals surface area contributed by atoms with E-state index >= 15 is 0 Å². The van der Waals surface area contributed by atoms with Crippen molar-refractivity contribution in [3.05, 3.63) is 60.3 Å². The second kappa shape index (κ2) is 6.51. The fraction of sp³-hybridized carbons (Fsp3) is 0.167. The number of aromatic nitrogens is 1. The number of amides is 1. The molecule has 0 aliphatic heterocycles. The van der Waals surface area contributed by atoms with E-state index in [0.29, 0.717) is 5.75 Å². The van der Waals surface area contributed by atoms with Gasteiger partial charge in [0.05, 0.1) is 18.4 Å². The largest absolute Gasteiger partial charge is 0.497 e. The Morgan fingerprint density at radius 3 is 2.64 bits per heavy atom. The van der Waals surface area contributed by atoms with E-state index in [-0.39, 0.29) is 12.2 Å². The van der Waals surface area contributed by atoms with E-state index in [2.05, 4.69) is 5.32 Å². The summed E-state index contributed by atoms with van der Waals surface area (Å²) in [6.07, 6.45) is -2.82. The lowest BCUT2D eigenvalue weighted by Gasteiger charge is -2.14. The molecule has 25 heavy (non-hydrogen) atoms. The van der Waals surface area contributed by atoms with Gasteiger partial charge in [0.1, 0.15) is 12.3 Å². The molecular weight excluding hydrogens is 333 g/mol. The number of hydrogen-bond donors (Lipinski definition) is 1. The average Bonchev–Trinajstić information content (AvgIpc) is 2.96. The van der Waals surface area contributed by atoms with E-state index < -0.39 is 17.6 Å². The van der Waals surface area contributed by atoms with E-state index in [1.165, 1.54) is 18.2 Å². The smallest absolute Gasteiger partial charge is 0.418 e. The van der Waals surface area contributed by atoms with E-state index in [4.69, 9.17) is 4.74 Å². The number of rotatable bonds is 4. The SMILES string of the molecule is COc1ccc2c(ccn2CC(=O)Nc2ccccc2C(F)(F)F)c1. The van der Waals surface area contributed by atoms with Gasteiger partial charge in [-0.3, -0.25) is 4.79 Å². The number of halogens is 3. The zero-order chi connectivity index (χ0) is 18.0. The highest BCUT2D eigenvalue weighted by molar-refractivity contribution is 5.93. The lowest BCUT2D eigenvalue weighted by molar-refractivity contribution is -0.137. The number of carbonyl (C=O) groups is 1. The zero-order valence-corrected chi connectivity index (χ0v) is 13.3. The van der Waals surface area contributed by atoms with Crippen LogP contribution in [0.15, 0.2) is 54.7 Å². The van der Waals surface area contributed by atoms with Crippen LogP contribution in [0.1, 0.15) is 5.56 Å². The highest BCUT2D eigenvalue weighted by Gasteiger charge is 2.33. The Morgan fingerprint density at radius 2 is 1.92 bits per heavy atom. The molecule has 130 valence electrons. The van der Waals surface area contributed by atoms with Gasteiger partial charge >= 0.3 is 6.18 Å². The van der Waals surface area contributed by atoms with Crippen LogP contribution in [0.5, 0.6) is 5.75 Å². The summed E-state index contributed by atoms with van der Waals surface area (Å²) in [5.74, 6) is 0.152. The maximum absolute atomic E-state index is 13.0. The van der Waals surface area contributed by atoms with E-state index in [0.717, 1.165) is 17.0 Å². The second-order valence-corrected chi connectivity index (χ2v) is 5.46. The van der Waals surface area contributed by atoms with Gasteiger partial charge in [0.2, 0.25) is 5.91 Å². The Hall–Kier alpha value is -2.96. The number of anilines is 1. The van der Waals surface area contributed by atoms with Gasteiger partial charge in [-0.15, -0.1) is 0 Å². The quantitative estimate of drug-likeness (QED) is 0.764. The van der Waals surface area contributed by atoms with Crippen LogP contribution in [0.4, 0.5) is 18.9 Å². The molecule has 0 saturated heterocycles. The topological polar surface area (TPSA) is 43.3 Å². The normalized spacial score (nSPS) is 11.5. The summed E-state index contributed by atoms with van der Waals surface area (Å²) >= 11 is 0. The molecule has 0 atom stereocenters. The Balaban J connectivity index is 1.80. The number of carbonyl (C=O) groups excluding carboxylic acids is 1. The summed E-state index contributed by atoms with van der Waals surface area (Å²) < 4.78 is 45.8. The van der Waals surface area contributed by atoms with Gasteiger partial charge in [0.15, 0.2) is 0 Å². The Kier molecular flexibility index (Phi) is 4.39. The monoisotopic (exact) mass is 348 g/mol. The molecule has 3 rings (SSSR count). The minimum atomic E-state index is -4.53. The van der Waals surface area contributed by atoms with Gasteiger partial charge in [-0.1, -0.05) is 12.1 Å². The third-order valence-electron chi connectivity index (χ3n) is 3.80. The van der Waals surface area contributed by atoms with Crippen molar-refractivity contribution in [1.29, 1.82) is 0 Å². The summed E-state index contributed by atoms with van der Waals surface area (Å²) in [6.45, 7) is -0.0952. The van der Waals surface area contributed by atoms with Crippen molar-refractivity contribution >= 4 is 22.5 Å². The van der Waals surface area contributed by atoms with Crippen molar-refractivity contribution in [3.8, 4) is 5.75 Å². The number of nitrogens with zero attached hydrogens (tertiary/aromatic N) is 1. The standard InChI is InChI=1S/C18H15F3N2O2/c1-25-13-6-7-16-12(10-13)8-9-23(16)11-17(24)22-15-5-3-2-4-14(15)18(19,20)21/h2-10H,11H2,1H3,(H,22,24). The zero-order valence-electron chi connectivity index (χ0n) is 13.3. The minimum Gasteiger partial charge on any atom is -0.497 e. The Bertz CT molecular complexity index is 916. The number of hydrogen-bond acceptors (Lipinski definition) is 2. The molecule has 7 heteroatoms. The summed E-state index contributed by atoms with van der Waals surface area (Å²) in [6, 6.07) is 12.1. The molecule has 0 aliphatic rings. The van der Waals surface area contributed by atoms with Crippen LogP contribution in [-0.2, 0) is 17.5 Å². The highest BCUT2D eigenvalue weighted by atomic mass is 19.4. The molecule has 4 nitrogen and oxygen atoms in total. The van der Waals surface area contributed by atoms with E-state index in [9.17, 15) is 18.0 Å². The molecule has 1 aromatic heterocycles. The predicted octanol–water partition coefficient (Wildman–Crippen LogP) is 4.31. The predicted molar refractivity (Wildman–Crippen MR) is 88.6 cm³/mol. The summed E-state index contributed by atoms with van der Waals surface area (Å²) in [7, 11) is 1.56. The molecule has 1 N–H and O–H groups in total. The number of ether oxygens (including phenoxy) is 1. The fourth-order valence-corrected chi connectivity index (χ4v) is 2.63. The second-order valence-electron chi connectivity index (χ2n) is 5.46. The van der Waals surface area contributed by atoms with E-state index in [1.54, 1.807) is 30.0 Å². The molecule has 0 aliphatic carbocycles. The van der Waals surface area contributed by atoms with Gasteiger partial charge in [0, 0.05) is 17.1 Å². The van der Waals surface area contributed by atoms with Crippen LogP contribution in [0.25, 0.3) is 10.9 Å². The first-order valence-electron chi connectivity index (χ1n) is 7.47. The Labute approximate surface area is 141 Å². The maximum atomic E-state index is 13.0. The summed E-state index contributed by atoms with van der Waals surface area (Å²) in [5, 5.41) is 3.22. The van der Waals surface area contributed by atoms with Crippen molar-refractivity contribution < 1.29 is 22.7 Å². The molecule has 0 spiro atoms. The van der Waals surface area contributed by atoms with Crippen molar-refractivity contribution in [3.63, 3.8) is 0 Å². The third kappa shape index (κ3) is 3.60. The van der Waals surface area contributed by atoms with Crippen LogP contribution in [0.3, 0.4) is 0 Å². The minimum absolute atomic E-state index is 0.0952. The highest BCUT2D eigenvalue weighted by Crippen LogP contribution is 2.34. The first-order chi connectivity index (χ1) is 11.9. The van der Waals surface area contributed by atoms with Crippen LogP contribution in [-0.4, -0.2) is 17.6 Å². The van der Waals surface area contributed by atoms with E-state index in [1.807, 2.05) is 12.1 Å². The average molecular weight is 348 g/mol. The van der Waals surface area contributed by atoms with Crippen molar-refractivity contribution in [2.45, 2.75) is 12.7 Å². The summed E-state index contributed by atoms with van der Waals surface area (Å²) in [5.41, 5.74) is -0.330.